The number of hydrogen-bond donors (Lipinski definition) is 0. The van der Waals surface area contributed by atoms with Crippen molar-refractivity contribution in [3.05, 3.63) is 64.8 Å². The zero-order chi connectivity index (χ0) is 22.7. The van der Waals surface area contributed by atoms with Crippen LogP contribution in [0.1, 0.15) is 40.0 Å². The Morgan fingerprint density at radius 1 is 1.03 bits per heavy atom. The fraction of sp³-hybridized carbons (Fsp3) is 0.385. The SMILES string of the molecule is COc1ccc2c(c1)c(CCCC(=O)N1CCOCC1)c(C)n2C(=O)c1ccc(C)cc1. The van der Waals surface area contributed by atoms with E-state index < -0.39 is 0 Å². The molecule has 0 unspecified atom stereocenters. The molecule has 0 bridgehead atoms. The Balaban J connectivity index is 1.62. The maximum Gasteiger partial charge on any atom is 0.262 e. The first-order valence-corrected chi connectivity index (χ1v) is 11.1. The molecule has 1 aliphatic rings. The first-order valence-electron chi connectivity index (χ1n) is 11.1. The lowest BCUT2D eigenvalue weighted by molar-refractivity contribution is -0.135. The Labute approximate surface area is 188 Å². The molecule has 1 aromatic heterocycles. The van der Waals surface area contributed by atoms with Gasteiger partial charge in [-0.15, -0.1) is 0 Å². The van der Waals surface area contributed by atoms with E-state index in [4.69, 9.17) is 9.47 Å². The highest BCUT2D eigenvalue weighted by atomic mass is 16.5. The van der Waals surface area contributed by atoms with Gasteiger partial charge in [0.25, 0.3) is 5.91 Å². The molecule has 1 fully saturated rings. The van der Waals surface area contributed by atoms with Crippen LogP contribution < -0.4 is 4.74 Å². The van der Waals surface area contributed by atoms with Crippen LogP contribution in [0.25, 0.3) is 10.9 Å². The van der Waals surface area contributed by atoms with E-state index in [1.807, 2.05) is 61.2 Å². The molecule has 0 aliphatic carbocycles. The first-order chi connectivity index (χ1) is 15.5. The maximum atomic E-state index is 13.4. The summed E-state index contributed by atoms with van der Waals surface area (Å²) in [5.74, 6) is 0.874. The molecule has 1 aliphatic heterocycles. The van der Waals surface area contributed by atoms with E-state index in [1.54, 1.807) is 11.7 Å². The normalized spacial score (nSPS) is 14.0. The quantitative estimate of drug-likeness (QED) is 0.585. The van der Waals surface area contributed by atoms with E-state index in [0.717, 1.165) is 46.3 Å². The van der Waals surface area contributed by atoms with Gasteiger partial charge in [-0.3, -0.25) is 14.2 Å². The number of fused-ring (bicyclic) bond motifs is 1. The molecule has 32 heavy (non-hydrogen) atoms. The highest BCUT2D eigenvalue weighted by Crippen LogP contribution is 2.31. The summed E-state index contributed by atoms with van der Waals surface area (Å²) in [6.45, 7) is 6.54. The smallest absolute Gasteiger partial charge is 0.262 e. The van der Waals surface area contributed by atoms with E-state index in [2.05, 4.69) is 0 Å². The number of aryl methyl sites for hydroxylation is 2. The number of rotatable bonds is 6. The number of carbonyl (C=O) groups is 2. The van der Waals surface area contributed by atoms with Gasteiger partial charge in [-0.1, -0.05) is 17.7 Å². The number of ether oxygens (including phenoxy) is 2. The van der Waals surface area contributed by atoms with E-state index in [9.17, 15) is 9.59 Å². The monoisotopic (exact) mass is 434 g/mol. The fourth-order valence-corrected chi connectivity index (χ4v) is 4.38. The second kappa shape index (κ2) is 9.57. The van der Waals surface area contributed by atoms with Crippen molar-refractivity contribution in [3.8, 4) is 5.75 Å². The van der Waals surface area contributed by atoms with Gasteiger partial charge < -0.3 is 14.4 Å². The van der Waals surface area contributed by atoms with Crippen LogP contribution in [0.5, 0.6) is 5.75 Å². The summed E-state index contributed by atoms with van der Waals surface area (Å²) in [7, 11) is 1.64. The Kier molecular flexibility index (Phi) is 6.61. The number of nitrogens with zero attached hydrogens (tertiary/aromatic N) is 2. The predicted molar refractivity (Wildman–Crippen MR) is 124 cm³/mol. The second-order valence-electron chi connectivity index (χ2n) is 8.30. The van der Waals surface area contributed by atoms with Gasteiger partial charge in [0.15, 0.2) is 0 Å². The van der Waals surface area contributed by atoms with E-state index in [-0.39, 0.29) is 11.8 Å². The average Bonchev–Trinajstić information content (AvgIpc) is 3.10. The molecule has 2 heterocycles. The number of carbonyl (C=O) groups excluding carboxylic acids is 2. The van der Waals surface area contributed by atoms with E-state index in [0.29, 0.717) is 38.3 Å². The average molecular weight is 435 g/mol. The molecule has 6 nitrogen and oxygen atoms in total. The minimum atomic E-state index is -0.0479. The minimum absolute atomic E-state index is 0.0479. The maximum absolute atomic E-state index is 13.4. The van der Waals surface area contributed by atoms with Gasteiger partial charge >= 0.3 is 0 Å². The molecular weight excluding hydrogens is 404 g/mol. The molecule has 2 aromatic carbocycles. The standard InChI is InChI=1S/C26H30N2O4/c1-18-7-9-20(10-8-18)26(30)28-19(2)22(23-17-21(31-3)11-12-24(23)28)5-4-6-25(29)27-13-15-32-16-14-27/h7-12,17H,4-6,13-16H2,1-3H3. The number of aromatic nitrogens is 1. The largest absolute Gasteiger partial charge is 0.497 e. The summed E-state index contributed by atoms with van der Waals surface area (Å²) in [6.07, 6.45) is 1.94. The summed E-state index contributed by atoms with van der Waals surface area (Å²) in [5.41, 5.74) is 4.64. The summed E-state index contributed by atoms with van der Waals surface area (Å²) >= 11 is 0. The number of hydrogen-bond acceptors (Lipinski definition) is 4. The number of amides is 1. The second-order valence-corrected chi connectivity index (χ2v) is 8.30. The van der Waals surface area contributed by atoms with Gasteiger partial charge in [0.05, 0.1) is 25.8 Å². The summed E-state index contributed by atoms with van der Waals surface area (Å²) in [4.78, 5) is 27.8. The fourth-order valence-electron chi connectivity index (χ4n) is 4.38. The molecule has 0 spiro atoms. The molecule has 0 N–H and O–H groups in total. The lowest BCUT2D eigenvalue weighted by Gasteiger charge is -2.26. The van der Waals surface area contributed by atoms with Crippen molar-refractivity contribution in [3.63, 3.8) is 0 Å². The van der Waals surface area contributed by atoms with Crippen molar-refractivity contribution in [1.29, 1.82) is 0 Å². The number of benzene rings is 2. The van der Waals surface area contributed by atoms with Crippen molar-refractivity contribution in [2.45, 2.75) is 33.1 Å². The molecule has 4 rings (SSSR count). The third-order valence-corrected chi connectivity index (χ3v) is 6.22. The van der Waals surface area contributed by atoms with Crippen molar-refractivity contribution in [2.75, 3.05) is 33.4 Å². The Morgan fingerprint density at radius 2 is 1.75 bits per heavy atom. The topological polar surface area (TPSA) is 60.8 Å². The zero-order valence-corrected chi connectivity index (χ0v) is 19.0. The number of morpholine rings is 1. The third-order valence-electron chi connectivity index (χ3n) is 6.22. The van der Waals surface area contributed by atoms with Crippen LogP contribution in [-0.4, -0.2) is 54.7 Å². The summed E-state index contributed by atoms with van der Waals surface area (Å²) in [5, 5.41) is 1.00. The van der Waals surface area contributed by atoms with Gasteiger partial charge in [-0.05, 0) is 62.6 Å². The molecule has 0 saturated carbocycles. The molecule has 0 atom stereocenters. The summed E-state index contributed by atoms with van der Waals surface area (Å²) in [6, 6.07) is 13.5. The molecular formula is C26H30N2O4. The summed E-state index contributed by atoms with van der Waals surface area (Å²) < 4.78 is 12.6. The van der Waals surface area contributed by atoms with Gasteiger partial charge in [0.1, 0.15) is 5.75 Å². The van der Waals surface area contributed by atoms with Crippen molar-refractivity contribution in [2.24, 2.45) is 0 Å². The van der Waals surface area contributed by atoms with Crippen molar-refractivity contribution in [1.82, 2.24) is 9.47 Å². The van der Waals surface area contributed by atoms with Gasteiger partial charge in [0.2, 0.25) is 5.91 Å². The van der Waals surface area contributed by atoms with Gasteiger partial charge in [-0.25, -0.2) is 0 Å². The van der Waals surface area contributed by atoms with Crippen LogP contribution in [0.15, 0.2) is 42.5 Å². The van der Waals surface area contributed by atoms with Crippen LogP contribution in [-0.2, 0) is 16.0 Å². The van der Waals surface area contributed by atoms with Gasteiger partial charge in [-0.2, -0.15) is 0 Å². The Morgan fingerprint density at radius 3 is 2.44 bits per heavy atom. The van der Waals surface area contributed by atoms with Crippen LogP contribution in [0, 0.1) is 13.8 Å². The Bertz CT molecular complexity index is 1120. The van der Waals surface area contributed by atoms with Crippen LogP contribution >= 0.6 is 0 Å². The zero-order valence-electron chi connectivity index (χ0n) is 19.0. The Hall–Kier alpha value is -3.12. The molecule has 3 aromatic rings. The van der Waals surface area contributed by atoms with Gasteiger partial charge in [0, 0.05) is 36.2 Å². The molecule has 0 radical (unpaired) electrons. The predicted octanol–water partition coefficient (Wildman–Crippen LogP) is 4.14. The molecule has 6 heteroatoms. The highest BCUT2D eigenvalue weighted by Gasteiger charge is 2.21. The minimum Gasteiger partial charge on any atom is -0.497 e. The lowest BCUT2D eigenvalue weighted by Crippen LogP contribution is -2.40. The third kappa shape index (κ3) is 4.41. The van der Waals surface area contributed by atoms with Crippen LogP contribution in [0.2, 0.25) is 0 Å². The highest BCUT2D eigenvalue weighted by molar-refractivity contribution is 6.04. The van der Waals surface area contributed by atoms with Crippen molar-refractivity contribution >= 4 is 22.7 Å². The van der Waals surface area contributed by atoms with Crippen molar-refractivity contribution < 1.29 is 19.1 Å². The van der Waals surface area contributed by atoms with E-state index in [1.165, 1.54) is 0 Å². The van der Waals surface area contributed by atoms with Crippen LogP contribution in [0.4, 0.5) is 0 Å². The molecule has 1 amide bonds. The number of methoxy groups -OCH3 is 1. The van der Waals surface area contributed by atoms with Crippen LogP contribution in [0.3, 0.4) is 0 Å². The first kappa shape index (κ1) is 22.1. The molecule has 168 valence electrons. The van der Waals surface area contributed by atoms with E-state index >= 15 is 0 Å². The molecule has 1 saturated heterocycles. The lowest BCUT2D eigenvalue weighted by atomic mass is 10.0.